The minimum absolute atomic E-state index is 0.546. The molecule has 374 valence electrons. The number of hydrogen-bond donors (Lipinski definition) is 0. The lowest BCUT2D eigenvalue weighted by atomic mass is 9.61. The lowest BCUT2D eigenvalue weighted by Gasteiger charge is -2.58. The van der Waals surface area contributed by atoms with E-state index in [-0.39, 0.29) is 0 Å². The average molecular weight is 1040 g/mol. The summed E-state index contributed by atoms with van der Waals surface area (Å²) < 4.78 is 553. The van der Waals surface area contributed by atoms with Gasteiger partial charge in [0.25, 0.3) is 5.41 Å². The fourth-order valence-corrected chi connectivity index (χ4v) is 4.14. The molecule has 0 saturated carbocycles. The van der Waals surface area contributed by atoms with Gasteiger partial charge in [0.05, 0.1) is 0 Å². The van der Waals surface area contributed by atoms with E-state index in [0.717, 1.165) is 0 Å². The van der Waals surface area contributed by atoms with E-state index in [1.807, 2.05) is 0 Å². The molecule has 0 aliphatic heterocycles. The molecule has 0 spiro atoms. The van der Waals surface area contributed by atoms with Gasteiger partial charge >= 0.3 is 109 Å². The van der Waals surface area contributed by atoms with Gasteiger partial charge in [-0.15, -0.1) is 39.5 Å². The van der Waals surface area contributed by atoms with Crippen molar-refractivity contribution >= 4 is 0 Å². The van der Waals surface area contributed by atoms with Crippen LogP contribution in [0.3, 0.4) is 0 Å². The average Bonchev–Trinajstić information content (AvgIpc) is 2.91. The highest BCUT2D eigenvalue weighted by Crippen LogP contribution is 2.78. The molecule has 0 amide bonds. The summed E-state index contributed by atoms with van der Waals surface area (Å²) in [5.74, 6) is -130. The molecule has 1 atom stereocenters. The Hall–Kier alpha value is -2.92. The van der Waals surface area contributed by atoms with E-state index in [1.165, 1.54) is 0 Å². The molecule has 0 rings (SSSR count). The Morgan fingerprint density at radius 1 is 0.161 bits per heavy atom. The van der Waals surface area contributed by atoms with Crippen LogP contribution in [0.25, 0.3) is 0 Å². The Labute approximate surface area is 305 Å². The second-order valence-corrected chi connectivity index (χ2v) is 10.8. The molecule has 0 aliphatic rings. The molecule has 0 heterocycles. The van der Waals surface area contributed by atoms with Gasteiger partial charge in [-0.25, -0.2) is 14.2 Å². The van der Waals surface area contributed by atoms with Gasteiger partial charge in [-0.1, -0.05) is 0 Å². The molecule has 0 aliphatic carbocycles. The molecule has 0 N–H and O–H groups in total. The van der Waals surface area contributed by atoms with Crippen LogP contribution in [0.5, 0.6) is 0 Å². The first-order valence-corrected chi connectivity index (χ1v) is 12.5. The molecule has 0 saturated heterocycles. The van der Waals surface area contributed by atoms with Crippen LogP contribution in [0, 0.1) is 5.41 Å². The molecular weight excluding hydrogens is 1040 g/mol. The first-order chi connectivity index (χ1) is 25.9. The highest BCUT2D eigenvalue weighted by Gasteiger charge is 3.08. The number of alkyl halides is 40. The molecular formula is C19F40O3. The normalized spacial score (nSPS) is 18.0. The third-order valence-electron chi connectivity index (χ3n) is 6.85. The zero-order valence-corrected chi connectivity index (χ0v) is 25.8. The van der Waals surface area contributed by atoms with Gasteiger partial charge in [-0.05, 0) is 0 Å². The fourth-order valence-electron chi connectivity index (χ4n) is 4.14. The van der Waals surface area contributed by atoms with Crippen LogP contribution in [0.2, 0.25) is 0 Å². The summed E-state index contributed by atoms with van der Waals surface area (Å²) in [5.41, 5.74) is -12.3. The lowest BCUT2D eigenvalue weighted by Crippen LogP contribution is -2.88. The smallest absolute Gasteiger partial charge is 0.232 e. The molecule has 0 aromatic carbocycles. The van der Waals surface area contributed by atoms with E-state index in [4.69, 9.17) is 0 Å². The highest BCUT2D eigenvalue weighted by molar-refractivity contribution is 5.28. The first-order valence-electron chi connectivity index (χ1n) is 12.5. The SMILES string of the molecule is FC(F)(F)OC(OC(F)(F)F)(OC(F)(F)F)C(C(F)(F)C(F)(F)F)(C(F)(F)C(F)(F)C(F)(F)C(F)(F)F)C(F)(F)C(F)(F)C(F)(F)C(F)(F)C(F)(F)C(F)(F)C(F)(F)C(F)(F)F. The maximum atomic E-state index is 15.6. The zero-order chi connectivity index (χ0) is 51.6. The van der Waals surface area contributed by atoms with E-state index < -0.39 is 114 Å². The minimum atomic E-state index is -12.3. The largest absolute Gasteiger partial charge is 0.526 e. The van der Waals surface area contributed by atoms with Crippen molar-refractivity contribution in [1.82, 2.24) is 0 Å². The number of rotatable bonds is 15. The third kappa shape index (κ3) is 7.97. The van der Waals surface area contributed by atoms with E-state index in [1.54, 1.807) is 0 Å². The quantitative estimate of drug-likeness (QED) is 0.121. The van der Waals surface area contributed by atoms with Gasteiger partial charge in [0.1, 0.15) is 0 Å². The van der Waals surface area contributed by atoms with Gasteiger partial charge in [0.15, 0.2) is 0 Å². The number of halogens is 40. The predicted octanol–water partition coefficient (Wildman–Crippen LogP) is 12.9. The van der Waals surface area contributed by atoms with Crippen molar-refractivity contribution in [3.8, 4) is 0 Å². The lowest BCUT2D eigenvalue weighted by molar-refractivity contribution is -0.655. The van der Waals surface area contributed by atoms with Crippen LogP contribution >= 0.6 is 0 Å². The molecule has 0 fully saturated rings. The van der Waals surface area contributed by atoms with Crippen LogP contribution in [0.1, 0.15) is 0 Å². The van der Waals surface area contributed by atoms with Crippen molar-refractivity contribution in [2.75, 3.05) is 0 Å². The Balaban J connectivity index is 10.4. The van der Waals surface area contributed by atoms with Gasteiger partial charge < -0.3 is 0 Å². The highest BCUT2D eigenvalue weighted by atomic mass is 19.5. The Morgan fingerprint density at radius 3 is 0.468 bits per heavy atom. The van der Waals surface area contributed by atoms with Gasteiger partial charge in [0.2, 0.25) is 0 Å². The van der Waals surface area contributed by atoms with Crippen molar-refractivity contribution in [2.45, 2.75) is 109 Å². The van der Waals surface area contributed by atoms with Crippen LogP contribution in [-0.4, -0.2) is 109 Å². The Kier molecular flexibility index (Phi) is 13.9. The van der Waals surface area contributed by atoms with Gasteiger partial charge in [0, 0.05) is 0 Å². The van der Waals surface area contributed by atoms with Crippen molar-refractivity contribution in [2.24, 2.45) is 5.41 Å². The van der Waals surface area contributed by atoms with E-state index in [2.05, 4.69) is 0 Å². The Bertz CT molecular complexity index is 1530. The number of hydrogen-bond acceptors (Lipinski definition) is 3. The third-order valence-corrected chi connectivity index (χ3v) is 6.85. The van der Waals surface area contributed by atoms with E-state index in [9.17, 15) is 149 Å². The molecule has 0 aromatic heterocycles. The summed E-state index contributed by atoms with van der Waals surface area (Å²) in [4.78, 5) is 0. The van der Waals surface area contributed by atoms with Crippen molar-refractivity contribution in [3.05, 3.63) is 0 Å². The fraction of sp³-hybridized carbons (Fsp3) is 1.00. The van der Waals surface area contributed by atoms with E-state index in [0.29, 0.717) is 14.2 Å². The zero-order valence-electron chi connectivity index (χ0n) is 25.8. The topological polar surface area (TPSA) is 27.7 Å². The van der Waals surface area contributed by atoms with Crippen LogP contribution in [0.15, 0.2) is 0 Å². The summed E-state index contributed by atoms with van der Waals surface area (Å²) in [6, 6.07) is 0. The summed E-state index contributed by atoms with van der Waals surface area (Å²) in [5, 5.41) is 0. The standard InChI is InChI=1S/C19F40O3/c20-2(21,5(26,27)7(30,31)8(32,33)9(34,35)10(36,37)12(40,41)15(48,49)50)1(4(24,25)13(42,43)44,3(22,23)6(28,29)11(38,39)14(45,46)47)16(60-17(51,52)53,61-18(54,55)56)62-19(57,58)59. The van der Waals surface area contributed by atoms with Crippen molar-refractivity contribution in [1.29, 1.82) is 0 Å². The van der Waals surface area contributed by atoms with Gasteiger partial charge in [-0.2, -0.15) is 136 Å². The second kappa shape index (κ2) is 14.5. The molecule has 43 heteroatoms. The summed E-state index contributed by atoms with van der Waals surface area (Å²) in [7, 11) is 0. The van der Waals surface area contributed by atoms with Gasteiger partial charge in [-0.3, -0.25) is 0 Å². The summed E-state index contributed by atoms with van der Waals surface area (Å²) in [6.45, 7) is 0. The van der Waals surface area contributed by atoms with E-state index >= 15 is 26.3 Å². The summed E-state index contributed by atoms with van der Waals surface area (Å²) in [6.07, 6.45) is -55.9. The first kappa shape index (κ1) is 59.1. The molecule has 0 aromatic rings. The maximum absolute atomic E-state index is 15.6. The molecule has 62 heavy (non-hydrogen) atoms. The molecule has 1 unspecified atom stereocenters. The molecule has 0 bridgehead atoms. The molecule has 0 radical (unpaired) electrons. The van der Waals surface area contributed by atoms with Crippen molar-refractivity contribution < 1.29 is 190 Å². The predicted molar refractivity (Wildman–Crippen MR) is 99.2 cm³/mol. The Morgan fingerprint density at radius 2 is 0.306 bits per heavy atom. The molecule has 3 nitrogen and oxygen atoms in total. The number of ether oxygens (including phenoxy) is 3. The van der Waals surface area contributed by atoms with Crippen molar-refractivity contribution in [3.63, 3.8) is 0 Å². The minimum Gasteiger partial charge on any atom is -0.232 e. The maximum Gasteiger partial charge on any atom is 0.526 e. The van der Waals surface area contributed by atoms with Crippen LogP contribution < -0.4 is 0 Å². The van der Waals surface area contributed by atoms with Crippen LogP contribution in [-0.2, 0) is 14.2 Å². The monoisotopic (exact) mass is 1040 g/mol. The van der Waals surface area contributed by atoms with Crippen LogP contribution in [0.4, 0.5) is 176 Å². The second-order valence-electron chi connectivity index (χ2n) is 10.8. The summed E-state index contributed by atoms with van der Waals surface area (Å²) >= 11 is 0.